The molecule has 614 valence electrons. The first kappa shape index (κ1) is 117. The molecule has 0 radical (unpaired) electrons. The van der Waals surface area contributed by atoms with E-state index in [0.717, 1.165) is 35.0 Å². The minimum absolute atomic E-state index is 0.368. The molecule has 0 spiro atoms. The zero-order valence-corrected chi connectivity index (χ0v) is 98.4. The molecule has 0 aromatic carbocycles. The normalized spacial score (nSPS) is 16.3. The molecule has 0 aromatic heterocycles. The van der Waals surface area contributed by atoms with Gasteiger partial charge in [0.25, 0.3) is 0 Å². The van der Waals surface area contributed by atoms with Crippen molar-refractivity contribution >= 4 is 149 Å². The van der Waals surface area contributed by atoms with E-state index < -0.39 is 149 Å². The second-order valence-electron chi connectivity index (χ2n) is 45.2. The molecule has 0 aliphatic rings. The van der Waals surface area contributed by atoms with Gasteiger partial charge in [0, 0.05) is 54.0 Å². The Balaban J connectivity index is -0.000000204. The molecule has 0 heterocycles. The lowest BCUT2D eigenvalue weighted by molar-refractivity contribution is 0.235. The summed E-state index contributed by atoms with van der Waals surface area (Å²) in [6.45, 7) is 134. The summed E-state index contributed by atoms with van der Waals surface area (Å²) in [6.07, 6.45) is 8.79. The molecule has 0 aromatic rings. The lowest BCUT2D eigenvalue weighted by Crippen LogP contribution is -2.62. The van der Waals surface area contributed by atoms with Crippen LogP contribution in [0.25, 0.3) is 0 Å². The van der Waals surface area contributed by atoms with Crippen molar-refractivity contribution < 1.29 is 32.9 Å². The SMILES string of the molecule is CCC(C)[Si](C)(C)C.CCC(C)[Si](C)(C)C[Si](C)(C)C.CCC(C)[Si](C)(C)O[Si](C)(C)C.CCC(C)[Si](C)(C)O[Si](C)(C)O[Si](C)(C)C.CCC(C)[Si](C)(C[Si](C)(C)C)C[Si](C)(C)C.CCC(C)[Si](C)(O[Si](C)(C)C)O[Si](C)(C)C.CCC(C)[Si](O[Si](C)(C)C)(O[Si](C)(C)C)O[Si](C)(C)C. The van der Waals surface area contributed by atoms with Crippen LogP contribution in [0.5, 0.6) is 0 Å². The van der Waals surface area contributed by atoms with Crippen LogP contribution in [0, 0.1) is 0 Å². The van der Waals surface area contributed by atoms with E-state index in [9.17, 15) is 0 Å². The predicted octanol–water partition coefficient (Wildman–Crippen LogP) is 31.4. The quantitative estimate of drug-likeness (QED) is 0.0575. The summed E-state index contributed by atoms with van der Waals surface area (Å²) in [5, 5.41) is 0. The van der Waals surface area contributed by atoms with Gasteiger partial charge >= 0.3 is 25.9 Å². The maximum atomic E-state index is 6.63. The van der Waals surface area contributed by atoms with E-state index in [1.54, 1.807) is 17.0 Å². The first-order valence-corrected chi connectivity index (χ1v) is 98.6. The molecule has 7 unspecified atom stereocenters. The van der Waals surface area contributed by atoms with Crippen LogP contribution in [0.3, 0.4) is 0 Å². The molecule has 0 saturated heterocycles. The molecule has 0 N–H and O–H groups in total. The first-order chi connectivity index (χ1) is 43.1. The van der Waals surface area contributed by atoms with E-state index in [1.807, 2.05) is 0 Å². The molecular formula is C74H198O8Si18. The van der Waals surface area contributed by atoms with Crippen molar-refractivity contribution in [2.24, 2.45) is 0 Å². The summed E-state index contributed by atoms with van der Waals surface area (Å²) >= 11 is 0. The summed E-state index contributed by atoms with van der Waals surface area (Å²) in [4.78, 5) is 0. The average Bonchev–Trinajstić information content (AvgIpc) is 0.798. The Hall–Kier alpha value is 3.58. The van der Waals surface area contributed by atoms with Gasteiger partial charge in [0.2, 0.25) is 0 Å². The third-order valence-electron chi connectivity index (χ3n) is 19.0. The Bertz CT molecular complexity index is 1940. The van der Waals surface area contributed by atoms with Crippen molar-refractivity contribution in [1.29, 1.82) is 0 Å². The maximum absolute atomic E-state index is 6.63. The van der Waals surface area contributed by atoms with Crippen molar-refractivity contribution in [1.82, 2.24) is 0 Å². The van der Waals surface area contributed by atoms with Crippen LogP contribution >= 0.6 is 0 Å². The number of rotatable bonds is 36. The van der Waals surface area contributed by atoms with E-state index in [2.05, 4.69) is 378 Å². The molecule has 26 heteroatoms. The van der Waals surface area contributed by atoms with Crippen LogP contribution in [0.1, 0.15) is 142 Å². The monoisotopic (exact) mass is 1720 g/mol. The molecule has 0 aliphatic carbocycles. The highest BCUT2D eigenvalue weighted by atomic mass is 28.5. The summed E-state index contributed by atoms with van der Waals surface area (Å²) in [5.41, 5.74) is 10.3. The van der Waals surface area contributed by atoms with Gasteiger partial charge in [-0.3, -0.25) is 0 Å². The number of hydrogen-bond donors (Lipinski definition) is 0. The molecule has 0 rings (SSSR count). The van der Waals surface area contributed by atoms with Gasteiger partial charge in [-0.2, -0.15) is 0 Å². The molecule has 0 aliphatic heterocycles. The summed E-state index contributed by atoms with van der Waals surface area (Å²) < 4.78 is 51.7. The predicted molar refractivity (Wildman–Crippen MR) is 517 cm³/mol. The zero-order valence-electron chi connectivity index (χ0n) is 80.4. The lowest BCUT2D eigenvalue weighted by atomic mass is 10.4. The van der Waals surface area contributed by atoms with Crippen LogP contribution in [-0.4, -0.2) is 149 Å². The Kier molecular flexibility index (Phi) is 54.6. The molecular weight excluding hydrogens is 1520 g/mol. The van der Waals surface area contributed by atoms with Crippen LogP contribution < -0.4 is 0 Å². The minimum atomic E-state index is -2.62. The molecule has 0 fully saturated rings. The van der Waals surface area contributed by atoms with Gasteiger partial charge in [0.15, 0.2) is 74.9 Å². The third-order valence-corrected chi connectivity index (χ3v) is 92.4. The fourth-order valence-electron chi connectivity index (χ4n) is 13.1. The molecule has 100 heavy (non-hydrogen) atoms. The largest absolute Gasteiger partial charge is 0.472 e. The summed E-state index contributed by atoms with van der Waals surface area (Å²) in [5.74, 6) is 0. The van der Waals surface area contributed by atoms with Crippen molar-refractivity contribution in [3.05, 3.63) is 0 Å². The van der Waals surface area contributed by atoms with Crippen LogP contribution in [0.4, 0.5) is 0 Å². The highest BCUT2D eigenvalue weighted by molar-refractivity contribution is 7.03. The Morgan fingerprint density at radius 3 is 0.630 bits per heavy atom. The third kappa shape index (κ3) is 65.2. The second-order valence-corrected chi connectivity index (χ2v) is 132. The van der Waals surface area contributed by atoms with Gasteiger partial charge < -0.3 is 32.9 Å². The van der Waals surface area contributed by atoms with Crippen LogP contribution in [0.2, 0.25) is 337 Å². The Morgan fingerprint density at radius 1 is 0.210 bits per heavy atom. The van der Waals surface area contributed by atoms with Crippen molar-refractivity contribution in [3.8, 4) is 0 Å². The number of hydrogen-bond acceptors (Lipinski definition) is 8. The first-order valence-electron chi connectivity index (χ1n) is 40.8. The fraction of sp³-hybridized carbons (Fsp3) is 1.00. The van der Waals surface area contributed by atoms with Gasteiger partial charge in [-0.25, -0.2) is 0 Å². The van der Waals surface area contributed by atoms with Gasteiger partial charge in [-0.1, -0.05) is 251 Å². The van der Waals surface area contributed by atoms with Crippen molar-refractivity contribution in [2.45, 2.75) is 479 Å². The van der Waals surface area contributed by atoms with Gasteiger partial charge in [0.05, 0.1) is 0 Å². The van der Waals surface area contributed by atoms with E-state index in [-0.39, 0.29) is 0 Å². The summed E-state index contributed by atoms with van der Waals surface area (Å²) in [6, 6.07) is 0. The molecule has 8 nitrogen and oxygen atoms in total. The smallest absolute Gasteiger partial charge is 0.456 e. The molecule has 0 bridgehead atoms. The van der Waals surface area contributed by atoms with E-state index >= 15 is 0 Å². The Labute approximate surface area is 655 Å². The lowest BCUT2D eigenvalue weighted by Gasteiger charge is -2.45. The fourth-order valence-corrected chi connectivity index (χ4v) is 101. The molecule has 7 atom stereocenters. The zero-order chi connectivity index (χ0) is 82.8. The van der Waals surface area contributed by atoms with Crippen LogP contribution in [0.15, 0.2) is 0 Å². The standard InChI is InChI=1S/C13H36O3Si4.C13H34Si3.2C11H30O2Si3.C10H26Si2.C9H24OSi2.C7H18Si/c1-12-13(2)20(14-17(3,4)5,15-18(6,7)8)16-19(9,10)11;1-10-13(2)16(9,11-14(3,4)5)12-15(6,7)8;1-10-11(2)15(6,7)13-16(8,9)12-14(3,4)5;1-10-11(2)16(9,12-14(3,4)5)13-15(6,7)8;1-8-10(2)12(6,7)9-11(3,4)5;1-8-9(2)12(6,7)10-11(3,4)5;1-6-7(2)8(3,4)5/h13H,12H2,1-11H3;13H,10-12H2,1-9H3;2*11H,10H2,1-9H3;10H,8-9H2,1-7H3;9H,8H2,1-7H3;7H,6H2,1-5H3. The maximum Gasteiger partial charge on any atom is 0.472 e. The van der Waals surface area contributed by atoms with E-state index in [1.165, 1.54) is 32.1 Å². The van der Waals surface area contributed by atoms with Gasteiger partial charge in [-0.15, -0.1) is 0 Å². The molecule has 0 amide bonds. The Morgan fingerprint density at radius 2 is 0.440 bits per heavy atom. The minimum Gasteiger partial charge on any atom is -0.456 e. The van der Waals surface area contributed by atoms with Gasteiger partial charge in [-0.05, 0) is 223 Å². The topological polar surface area (TPSA) is 73.8 Å². The van der Waals surface area contributed by atoms with E-state index in [0.29, 0.717) is 16.6 Å². The van der Waals surface area contributed by atoms with E-state index in [4.69, 9.17) is 32.9 Å². The average molecular weight is 1720 g/mol. The highest BCUT2D eigenvalue weighted by Gasteiger charge is 2.54. The van der Waals surface area contributed by atoms with Crippen molar-refractivity contribution in [2.75, 3.05) is 0 Å². The summed E-state index contributed by atoms with van der Waals surface area (Å²) in [7, 11) is -25.7. The second kappa shape index (κ2) is 46.7. The molecule has 0 saturated carbocycles. The highest BCUT2D eigenvalue weighted by Crippen LogP contribution is 2.41. The van der Waals surface area contributed by atoms with Crippen LogP contribution in [-0.2, 0) is 32.9 Å². The van der Waals surface area contributed by atoms with Gasteiger partial charge in [0.1, 0.15) is 0 Å². The van der Waals surface area contributed by atoms with Crippen molar-refractivity contribution in [3.63, 3.8) is 0 Å².